The molecular formula is C13H7ClN4O3S. The summed E-state index contributed by atoms with van der Waals surface area (Å²) >= 11 is 6.95. The Kier molecular flexibility index (Phi) is 4.03. The van der Waals surface area contributed by atoms with E-state index in [-0.39, 0.29) is 5.69 Å². The van der Waals surface area contributed by atoms with Crippen molar-refractivity contribution >= 4 is 29.1 Å². The van der Waals surface area contributed by atoms with Crippen LogP contribution in [0.5, 0.6) is 0 Å². The molecule has 9 heteroatoms. The number of rotatable bonds is 4. The van der Waals surface area contributed by atoms with E-state index in [1.54, 1.807) is 24.3 Å². The largest absolute Gasteiger partial charge is 0.411 e. The average molecular weight is 335 g/mol. The smallest absolute Gasteiger partial charge is 0.287 e. The number of hydrogen-bond donors (Lipinski definition) is 0. The molecule has 110 valence electrons. The highest BCUT2D eigenvalue weighted by Crippen LogP contribution is 2.28. The SMILES string of the molecule is O=[N+]([O-])c1ccc(Sc2nnc(-c3ccc(Cl)cc3)o2)nc1. The maximum Gasteiger partial charge on any atom is 0.287 e. The second-order valence-corrected chi connectivity index (χ2v) is 5.50. The predicted molar refractivity (Wildman–Crippen MR) is 79.8 cm³/mol. The molecule has 0 saturated heterocycles. The van der Waals surface area contributed by atoms with Crippen LogP contribution in [0.25, 0.3) is 11.5 Å². The van der Waals surface area contributed by atoms with Crippen LogP contribution < -0.4 is 0 Å². The van der Waals surface area contributed by atoms with Crippen LogP contribution in [0.2, 0.25) is 5.02 Å². The second kappa shape index (κ2) is 6.12. The number of aromatic nitrogens is 3. The summed E-state index contributed by atoms with van der Waals surface area (Å²) in [6.07, 6.45) is 1.18. The van der Waals surface area contributed by atoms with Crippen molar-refractivity contribution in [3.63, 3.8) is 0 Å². The van der Waals surface area contributed by atoms with Gasteiger partial charge in [-0.2, -0.15) is 0 Å². The third kappa shape index (κ3) is 3.23. The molecule has 7 nitrogen and oxygen atoms in total. The van der Waals surface area contributed by atoms with Gasteiger partial charge in [0.05, 0.1) is 4.92 Å². The van der Waals surface area contributed by atoms with Crippen molar-refractivity contribution in [2.45, 2.75) is 10.2 Å². The van der Waals surface area contributed by atoms with Crippen molar-refractivity contribution in [3.05, 3.63) is 57.7 Å². The van der Waals surface area contributed by atoms with Gasteiger partial charge in [0, 0.05) is 16.7 Å². The standard InChI is InChI=1S/C13H7ClN4O3S/c14-9-3-1-8(2-4-9)12-16-17-13(21-12)22-11-6-5-10(7-15-11)18(19)20/h1-7H. The molecule has 0 aliphatic heterocycles. The van der Waals surface area contributed by atoms with Crippen LogP contribution in [0.1, 0.15) is 0 Å². The molecule has 0 spiro atoms. The number of nitro groups is 1. The number of pyridine rings is 1. The Morgan fingerprint density at radius 1 is 1.14 bits per heavy atom. The van der Waals surface area contributed by atoms with Crippen LogP contribution in [-0.2, 0) is 0 Å². The molecule has 0 aliphatic rings. The highest BCUT2D eigenvalue weighted by molar-refractivity contribution is 7.99. The van der Waals surface area contributed by atoms with Crippen LogP contribution in [0.15, 0.2) is 57.3 Å². The summed E-state index contributed by atoms with van der Waals surface area (Å²) in [5.74, 6) is 0.362. The van der Waals surface area contributed by atoms with E-state index in [1.165, 1.54) is 18.3 Å². The average Bonchev–Trinajstić information content (AvgIpc) is 2.97. The van der Waals surface area contributed by atoms with Gasteiger partial charge in [-0.15, -0.1) is 10.2 Å². The van der Waals surface area contributed by atoms with Gasteiger partial charge in [-0.1, -0.05) is 11.6 Å². The van der Waals surface area contributed by atoms with E-state index in [4.69, 9.17) is 16.0 Å². The molecule has 3 rings (SSSR count). The second-order valence-electron chi connectivity index (χ2n) is 4.09. The van der Waals surface area contributed by atoms with Crippen molar-refractivity contribution < 1.29 is 9.34 Å². The fourth-order valence-electron chi connectivity index (χ4n) is 1.59. The number of benzene rings is 1. The highest BCUT2D eigenvalue weighted by Gasteiger charge is 2.12. The van der Waals surface area contributed by atoms with Crippen molar-refractivity contribution in [1.82, 2.24) is 15.2 Å². The van der Waals surface area contributed by atoms with Crippen LogP contribution in [-0.4, -0.2) is 20.1 Å². The number of hydrogen-bond acceptors (Lipinski definition) is 7. The first-order valence-electron chi connectivity index (χ1n) is 5.99. The molecule has 0 bridgehead atoms. The van der Waals surface area contributed by atoms with Gasteiger partial charge in [0.1, 0.15) is 11.2 Å². The Balaban J connectivity index is 1.76. The Bertz CT molecular complexity index is 805. The van der Waals surface area contributed by atoms with Crippen LogP contribution in [0, 0.1) is 10.1 Å². The summed E-state index contributed by atoms with van der Waals surface area (Å²) in [5.41, 5.74) is 0.678. The summed E-state index contributed by atoms with van der Waals surface area (Å²) < 4.78 is 5.51. The zero-order chi connectivity index (χ0) is 15.5. The van der Waals surface area contributed by atoms with Gasteiger partial charge in [0.2, 0.25) is 5.89 Å². The van der Waals surface area contributed by atoms with Gasteiger partial charge in [-0.3, -0.25) is 10.1 Å². The Morgan fingerprint density at radius 2 is 1.91 bits per heavy atom. The predicted octanol–water partition coefficient (Wildman–Crippen LogP) is 3.84. The zero-order valence-electron chi connectivity index (χ0n) is 10.8. The van der Waals surface area contributed by atoms with Gasteiger partial charge in [-0.25, -0.2) is 4.98 Å². The van der Waals surface area contributed by atoms with Gasteiger partial charge < -0.3 is 4.42 Å². The van der Waals surface area contributed by atoms with E-state index >= 15 is 0 Å². The number of nitrogens with zero attached hydrogens (tertiary/aromatic N) is 4. The van der Waals surface area contributed by atoms with Crippen LogP contribution in [0.4, 0.5) is 5.69 Å². The van der Waals surface area contributed by atoms with Crippen LogP contribution >= 0.6 is 23.4 Å². The molecule has 0 saturated carbocycles. The lowest BCUT2D eigenvalue weighted by molar-refractivity contribution is -0.385. The van der Waals surface area contributed by atoms with E-state index in [0.29, 0.717) is 21.2 Å². The monoisotopic (exact) mass is 334 g/mol. The van der Waals surface area contributed by atoms with Gasteiger partial charge >= 0.3 is 0 Å². The van der Waals surface area contributed by atoms with E-state index in [1.807, 2.05) is 0 Å². The minimum atomic E-state index is -0.507. The normalized spacial score (nSPS) is 10.6. The molecule has 1 aromatic carbocycles. The minimum absolute atomic E-state index is 0.0725. The first kappa shape index (κ1) is 14.5. The van der Waals surface area contributed by atoms with Gasteiger partial charge in [0.25, 0.3) is 10.9 Å². The summed E-state index contributed by atoms with van der Waals surface area (Å²) in [6.45, 7) is 0. The fraction of sp³-hybridized carbons (Fsp3) is 0. The van der Waals surface area contributed by atoms with Gasteiger partial charge in [0.15, 0.2) is 0 Å². The van der Waals surface area contributed by atoms with E-state index in [9.17, 15) is 10.1 Å². The first-order valence-corrected chi connectivity index (χ1v) is 7.19. The summed E-state index contributed by atoms with van der Waals surface area (Å²) in [7, 11) is 0. The van der Waals surface area contributed by atoms with Crippen molar-refractivity contribution in [3.8, 4) is 11.5 Å². The highest BCUT2D eigenvalue weighted by atomic mass is 35.5. The fourth-order valence-corrected chi connectivity index (χ4v) is 2.34. The maximum absolute atomic E-state index is 10.6. The van der Waals surface area contributed by atoms with E-state index in [2.05, 4.69) is 15.2 Å². The van der Waals surface area contributed by atoms with E-state index < -0.39 is 4.92 Å². The molecule has 0 fully saturated rings. The molecule has 22 heavy (non-hydrogen) atoms. The van der Waals surface area contributed by atoms with Crippen LogP contribution in [0.3, 0.4) is 0 Å². The quantitative estimate of drug-likeness (QED) is 0.528. The summed E-state index contributed by atoms with van der Waals surface area (Å²) in [5, 5.41) is 19.9. The Hall–Kier alpha value is -2.45. The third-order valence-electron chi connectivity index (χ3n) is 2.62. The summed E-state index contributed by atoms with van der Waals surface area (Å²) in [6, 6.07) is 9.89. The van der Waals surface area contributed by atoms with Crippen molar-refractivity contribution in [2.75, 3.05) is 0 Å². The van der Waals surface area contributed by atoms with Crippen molar-refractivity contribution in [1.29, 1.82) is 0 Å². The first-order chi connectivity index (χ1) is 10.6. The third-order valence-corrected chi connectivity index (χ3v) is 3.66. The lowest BCUT2D eigenvalue weighted by atomic mass is 10.2. The lowest BCUT2D eigenvalue weighted by Crippen LogP contribution is -1.89. The molecule has 0 aliphatic carbocycles. The number of halogens is 1. The molecule has 3 aromatic rings. The van der Waals surface area contributed by atoms with Crippen molar-refractivity contribution in [2.24, 2.45) is 0 Å². The molecule has 0 radical (unpaired) electrons. The van der Waals surface area contributed by atoms with E-state index in [0.717, 1.165) is 17.3 Å². The topological polar surface area (TPSA) is 95.0 Å². The minimum Gasteiger partial charge on any atom is -0.411 e. The maximum atomic E-state index is 10.6. The van der Waals surface area contributed by atoms with Gasteiger partial charge in [-0.05, 0) is 42.1 Å². The molecule has 2 aromatic heterocycles. The Labute approximate surface area is 133 Å². The molecule has 2 heterocycles. The Morgan fingerprint density at radius 3 is 2.55 bits per heavy atom. The molecule has 0 atom stereocenters. The molecule has 0 N–H and O–H groups in total. The molecule has 0 unspecified atom stereocenters. The molecule has 0 amide bonds. The molecular weight excluding hydrogens is 328 g/mol. The summed E-state index contributed by atoms with van der Waals surface area (Å²) in [4.78, 5) is 14.0. The lowest BCUT2D eigenvalue weighted by Gasteiger charge is -1.96. The zero-order valence-corrected chi connectivity index (χ0v) is 12.4.